The average molecular weight is 283 g/mol. The van der Waals surface area contributed by atoms with Gasteiger partial charge in [-0.1, -0.05) is 0 Å². The number of anilines is 2. The van der Waals surface area contributed by atoms with Crippen molar-refractivity contribution in [3.05, 3.63) is 0 Å². The summed E-state index contributed by atoms with van der Waals surface area (Å²) < 4.78 is 10.8. The summed E-state index contributed by atoms with van der Waals surface area (Å²) in [5.74, 6) is 1.17. The van der Waals surface area contributed by atoms with Crippen molar-refractivity contribution >= 4 is 11.9 Å². The van der Waals surface area contributed by atoms with E-state index in [-0.39, 0.29) is 0 Å². The Kier molecular flexibility index (Phi) is 7.64. The fourth-order valence-electron chi connectivity index (χ4n) is 1.63. The predicted octanol–water partition coefficient (Wildman–Crippen LogP) is 1.56. The van der Waals surface area contributed by atoms with Crippen LogP contribution in [0.3, 0.4) is 0 Å². The molecule has 1 N–H and O–H groups in total. The van der Waals surface area contributed by atoms with Crippen LogP contribution >= 0.6 is 0 Å². The van der Waals surface area contributed by atoms with E-state index in [0.29, 0.717) is 37.7 Å². The number of aromatic nitrogens is 3. The molecule has 0 atom stereocenters. The van der Waals surface area contributed by atoms with Crippen LogP contribution in [0.4, 0.5) is 11.9 Å². The van der Waals surface area contributed by atoms with Gasteiger partial charge in [-0.25, -0.2) is 0 Å². The lowest BCUT2D eigenvalue weighted by Gasteiger charge is -2.19. The van der Waals surface area contributed by atoms with Crippen molar-refractivity contribution in [3.8, 4) is 6.01 Å². The maximum absolute atomic E-state index is 5.52. The second-order valence-corrected chi connectivity index (χ2v) is 3.99. The molecule has 114 valence electrons. The predicted molar refractivity (Wildman–Crippen MR) is 79.5 cm³/mol. The zero-order valence-corrected chi connectivity index (χ0v) is 12.8. The first-order valence-electron chi connectivity index (χ1n) is 7.20. The van der Waals surface area contributed by atoms with Crippen molar-refractivity contribution in [2.24, 2.45) is 0 Å². The molecule has 0 aliphatic rings. The van der Waals surface area contributed by atoms with Crippen LogP contribution in [0.1, 0.15) is 27.7 Å². The lowest BCUT2D eigenvalue weighted by molar-refractivity contribution is 0.106. The fraction of sp³-hybridized carbons (Fsp3) is 0.769. The zero-order valence-electron chi connectivity index (χ0n) is 12.8. The Balaban J connectivity index is 2.80. The molecule has 0 saturated heterocycles. The Bertz CT molecular complexity index is 385. The fourth-order valence-corrected chi connectivity index (χ4v) is 1.63. The van der Waals surface area contributed by atoms with Gasteiger partial charge in [0.1, 0.15) is 6.61 Å². The Morgan fingerprint density at radius 3 is 2.35 bits per heavy atom. The minimum Gasteiger partial charge on any atom is -0.461 e. The molecule has 0 radical (unpaired) electrons. The van der Waals surface area contributed by atoms with Gasteiger partial charge < -0.3 is 19.7 Å². The first-order valence-corrected chi connectivity index (χ1v) is 7.20. The number of rotatable bonds is 10. The second-order valence-electron chi connectivity index (χ2n) is 3.99. The normalized spacial score (nSPS) is 10.4. The summed E-state index contributed by atoms with van der Waals surface area (Å²) in [5.41, 5.74) is 0. The van der Waals surface area contributed by atoms with E-state index in [4.69, 9.17) is 9.47 Å². The van der Waals surface area contributed by atoms with Gasteiger partial charge in [-0.3, -0.25) is 0 Å². The number of ether oxygens (including phenoxy) is 2. The van der Waals surface area contributed by atoms with E-state index in [0.717, 1.165) is 19.6 Å². The van der Waals surface area contributed by atoms with Gasteiger partial charge in [0.2, 0.25) is 11.9 Å². The highest BCUT2D eigenvalue weighted by Gasteiger charge is 2.11. The summed E-state index contributed by atoms with van der Waals surface area (Å²) in [6.45, 7) is 12.1. The van der Waals surface area contributed by atoms with Gasteiger partial charge in [0, 0.05) is 26.2 Å². The third kappa shape index (κ3) is 5.16. The summed E-state index contributed by atoms with van der Waals surface area (Å²) >= 11 is 0. The lowest BCUT2D eigenvalue weighted by Crippen LogP contribution is -2.25. The van der Waals surface area contributed by atoms with Crippen LogP contribution < -0.4 is 15.0 Å². The third-order valence-electron chi connectivity index (χ3n) is 2.65. The minimum atomic E-state index is 0.331. The van der Waals surface area contributed by atoms with E-state index in [1.54, 1.807) is 0 Å². The molecule has 0 spiro atoms. The lowest BCUT2D eigenvalue weighted by atomic mass is 10.5. The highest BCUT2D eigenvalue weighted by molar-refractivity contribution is 5.38. The molecule has 0 aromatic carbocycles. The van der Waals surface area contributed by atoms with Crippen LogP contribution in [0.2, 0.25) is 0 Å². The summed E-state index contributed by atoms with van der Waals surface area (Å²) in [7, 11) is 0. The molecular weight excluding hydrogens is 258 g/mol. The van der Waals surface area contributed by atoms with Crippen molar-refractivity contribution in [2.75, 3.05) is 49.7 Å². The van der Waals surface area contributed by atoms with Crippen molar-refractivity contribution in [1.82, 2.24) is 15.0 Å². The molecule has 0 fully saturated rings. The van der Waals surface area contributed by atoms with Gasteiger partial charge in [-0.05, 0) is 27.7 Å². The molecule has 1 aromatic heterocycles. The molecule has 0 amide bonds. The van der Waals surface area contributed by atoms with E-state index in [1.807, 2.05) is 13.8 Å². The molecule has 1 aromatic rings. The maximum Gasteiger partial charge on any atom is 0.323 e. The Morgan fingerprint density at radius 1 is 1.00 bits per heavy atom. The molecule has 0 saturated carbocycles. The Morgan fingerprint density at radius 2 is 1.75 bits per heavy atom. The quantitative estimate of drug-likeness (QED) is 0.653. The van der Waals surface area contributed by atoms with E-state index in [1.165, 1.54) is 0 Å². The SMILES string of the molecule is CCNc1nc(OCCOCC)nc(N(CC)CC)n1. The van der Waals surface area contributed by atoms with Gasteiger partial charge in [-0.15, -0.1) is 0 Å². The summed E-state index contributed by atoms with van der Waals surface area (Å²) in [6.07, 6.45) is 0. The van der Waals surface area contributed by atoms with Crippen LogP contribution in [-0.2, 0) is 4.74 Å². The first-order chi connectivity index (χ1) is 9.74. The second kappa shape index (κ2) is 9.30. The van der Waals surface area contributed by atoms with Crippen LogP contribution in [0, 0.1) is 0 Å². The van der Waals surface area contributed by atoms with E-state index in [9.17, 15) is 0 Å². The molecule has 0 unspecified atom stereocenters. The Hall–Kier alpha value is -1.63. The summed E-state index contributed by atoms with van der Waals surface area (Å²) in [4.78, 5) is 15.0. The molecule has 0 aliphatic heterocycles. The van der Waals surface area contributed by atoms with Gasteiger partial charge in [-0.2, -0.15) is 15.0 Å². The van der Waals surface area contributed by atoms with Gasteiger partial charge in [0.25, 0.3) is 0 Å². The topological polar surface area (TPSA) is 72.4 Å². The number of hydrogen-bond acceptors (Lipinski definition) is 7. The summed E-state index contributed by atoms with van der Waals surface area (Å²) in [6, 6.07) is 0.331. The minimum absolute atomic E-state index is 0.331. The third-order valence-corrected chi connectivity index (χ3v) is 2.65. The molecule has 1 rings (SSSR count). The Labute approximate surface area is 120 Å². The maximum atomic E-state index is 5.52. The van der Waals surface area contributed by atoms with Gasteiger partial charge in [0.15, 0.2) is 0 Å². The highest BCUT2D eigenvalue weighted by atomic mass is 16.5. The average Bonchev–Trinajstić information content (AvgIpc) is 2.45. The first kappa shape index (κ1) is 16.4. The van der Waals surface area contributed by atoms with Gasteiger partial charge >= 0.3 is 6.01 Å². The monoisotopic (exact) mass is 283 g/mol. The molecule has 1 heterocycles. The largest absolute Gasteiger partial charge is 0.461 e. The molecule has 7 heteroatoms. The molecular formula is C13H25N5O2. The zero-order chi connectivity index (χ0) is 14.8. The standard InChI is InChI=1S/C13H25N5O2/c1-5-14-11-15-12(18(6-2)7-3)17-13(16-11)20-10-9-19-8-4/h5-10H2,1-4H3,(H,14,15,16,17). The van der Waals surface area contributed by atoms with Crippen LogP contribution in [-0.4, -0.2) is 54.4 Å². The molecule has 0 bridgehead atoms. The smallest absolute Gasteiger partial charge is 0.323 e. The van der Waals surface area contributed by atoms with E-state index in [2.05, 4.69) is 39.0 Å². The van der Waals surface area contributed by atoms with Crippen LogP contribution in [0.5, 0.6) is 6.01 Å². The molecule has 0 aliphatic carbocycles. The van der Waals surface area contributed by atoms with Crippen molar-refractivity contribution in [3.63, 3.8) is 0 Å². The summed E-state index contributed by atoms with van der Waals surface area (Å²) in [5, 5.41) is 3.09. The number of nitrogens with zero attached hydrogens (tertiary/aromatic N) is 4. The van der Waals surface area contributed by atoms with Crippen LogP contribution in [0.15, 0.2) is 0 Å². The van der Waals surface area contributed by atoms with Crippen molar-refractivity contribution < 1.29 is 9.47 Å². The van der Waals surface area contributed by atoms with E-state index >= 15 is 0 Å². The highest BCUT2D eigenvalue weighted by Crippen LogP contribution is 2.14. The van der Waals surface area contributed by atoms with Crippen molar-refractivity contribution in [1.29, 1.82) is 0 Å². The number of hydrogen-bond donors (Lipinski definition) is 1. The number of nitrogens with one attached hydrogen (secondary N) is 1. The van der Waals surface area contributed by atoms with Crippen LogP contribution in [0.25, 0.3) is 0 Å². The van der Waals surface area contributed by atoms with Crippen molar-refractivity contribution in [2.45, 2.75) is 27.7 Å². The van der Waals surface area contributed by atoms with E-state index < -0.39 is 0 Å². The molecule has 7 nitrogen and oxygen atoms in total. The van der Waals surface area contributed by atoms with Gasteiger partial charge in [0.05, 0.1) is 6.61 Å². The molecule has 20 heavy (non-hydrogen) atoms.